The topological polar surface area (TPSA) is 33.5 Å². The fourth-order valence-corrected chi connectivity index (χ4v) is 8.26. The third kappa shape index (κ3) is 5.38. The van der Waals surface area contributed by atoms with Crippen LogP contribution in [0.3, 0.4) is 0 Å². The monoisotopic (exact) mass is 704 g/mol. The Kier molecular flexibility index (Phi) is 8.13. The maximum Gasteiger partial charge on any atom is 0.137 e. The van der Waals surface area contributed by atoms with E-state index in [-0.39, 0.29) is 5.54 Å². The molecule has 9 rings (SSSR count). The van der Waals surface area contributed by atoms with E-state index in [1.807, 2.05) is 16.3 Å². The number of fused-ring (bicyclic) bond motifs is 4. The number of pyridine rings is 1. The Bertz CT molecular complexity index is 2580. The smallest absolute Gasteiger partial charge is 0.137 e. The third-order valence-corrected chi connectivity index (χ3v) is 10.8. The molecule has 0 aliphatic carbocycles. The van der Waals surface area contributed by atoms with Gasteiger partial charge in [-0.05, 0) is 103 Å². The van der Waals surface area contributed by atoms with E-state index in [4.69, 9.17) is 9.92 Å². The first-order chi connectivity index (χ1) is 26.2. The van der Waals surface area contributed by atoms with Gasteiger partial charge < -0.3 is 0 Å². The van der Waals surface area contributed by atoms with Gasteiger partial charge in [0.1, 0.15) is 5.82 Å². The van der Waals surface area contributed by atoms with Crippen molar-refractivity contribution in [3.8, 4) is 5.82 Å². The number of nitrogens with zero attached hydrogens (tertiary/aromatic N) is 4. The third-order valence-electron chi connectivity index (χ3n) is 10.8. The maximum absolute atomic E-state index is 6.71. The highest BCUT2D eigenvalue weighted by molar-refractivity contribution is 6.09. The molecule has 8 aromatic rings. The summed E-state index contributed by atoms with van der Waals surface area (Å²) in [7, 11) is 0. The van der Waals surface area contributed by atoms with Crippen molar-refractivity contribution in [2.75, 3.05) is 10.1 Å². The summed E-state index contributed by atoms with van der Waals surface area (Å²) >= 11 is 0. The molecule has 3 heterocycles. The van der Waals surface area contributed by atoms with Gasteiger partial charge >= 0.3 is 0 Å². The van der Waals surface area contributed by atoms with Crippen LogP contribution in [-0.2, 0) is 10.4 Å². The van der Waals surface area contributed by atoms with Crippen LogP contribution in [0.2, 0.25) is 0 Å². The average Bonchev–Trinajstić information content (AvgIpc) is 3.76. The first-order valence-corrected chi connectivity index (χ1v) is 18.8. The van der Waals surface area contributed by atoms with E-state index in [2.05, 4.69) is 203 Å². The van der Waals surface area contributed by atoms with Crippen molar-refractivity contribution < 1.29 is 4.94 Å². The number of para-hydroxylation sites is 3. The molecule has 1 aliphatic heterocycles. The second-order valence-electron chi connectivity index (χ2n) is 15.5. The summed E-state index contributed by atoms with van der Waals surface area (Å²) in [5, 5.41) is 6.38. The van der Waals surface area contributed by atoms with Crippen molar-refractivity contribution in [2.45, 2.75) is 51.5 Å². The van der Waals surface area contributed by atoms with Crippen molar-refractivity contribution in [2.24, 2.45) is 0 Å². The van der Waals surface area contributed by atoms with Gasteiger partial charge in [-0.2, -0.15) is 5.06 Å². The van der Waals surface area contributed by atoms with Crippen LogP contribution in [0.1, 0.15) is 68.4 Å². The van der Waals surface area contributed by atoms with Crippen molar-refractivity contribution >= 4 is 38.9 Å². The van der Waals surface area contributed by atoms with E-state index < -0.39 is 5.41 Å². The van der Waals surface area contributed by atoms with Crippen molar-refractivity contribution in [3.63, 3.8) is 0 Å². The molecule has 0 fully saturated rings. The fraction of sp³-hybridized carbons (Fsp3) is 0.163. The van der Waals surface area contributed by atoms with Gasteiger partial charge in [0.15, 0.2) is 0 Å². The second-order valence-corrected chi connectivity index (χ2v) is 15.5. The highest BCUT2D eigenvalue weighted by atomic mass is 16.8. The largest absolute Gasteiger partial charge is 0.294 e. The van der Waals surface area contributed by atoms with Crippen LogP contribution in [0, 0.1) is 0 Å². The van der Waals surface area contributed by atoms with Crippen LogP contribution in [0.15, 0.2) is 170 Å². The lowest BCUT2D eigenvalue weighted by atomic mass is 9.65. The Labute approximate surface area is 317 Å². The fourth-order valence-electron chi connectivity index (χ4n) is 8.26. The minimum Gasteiger partial charge on any atom is -0.294 e. The molecule has 2 aromatic heterocycles. The van der Waals surface area contributed by atoms with E-state index in [0.717, 1.165) is 45.0 Å². The molecule has 266 valence electrons. The molecular formula is C49H44N4O. The molecular weight excluding hydrogens is 661 g/mol. The number of rotatable bonds is 7. The van der Waals surface area contributed by atoms with Crippen LogP contribution in [-0.4, -0.2) is 15.1 Å². The number of benzene rings is 6. The Balaban J connectivity index is 1.33. The zero-order chi connectivity index (χ0) is 37.0. The van der Waals surface area contributed by atoms with Gasteiger partial charge in [0, 0.05) is 17.0 Å². The van der Waals surface area contributed by atoms with E-state index in [0.29, 0.717) is 5.92 Å². The van der Waals surface area contributed by atoms with Gasteiger partial charge in [-0.1, -0.05) is 129 Å². The van der Waals surface area contributed by atoms with Gasteiger partial charge in [0.05, 0.1) is 39.0 Å². The molecule has 6 aromatic carbocycles. The molecule has 0 atom stereocenters. The SMILES string of the molecule is CC(C)c1ccnc(-n2c3ccccc3c3ccc(C(c4ccccc4)(c4ccccc4)c4cccc(N5ON(C(C)(C)C)c6ccccc65)c4)cc32)c1. The highest BCUT2D eigenvalue weighted by Crippen LogP contribution is 2.49. The zero-order valence-corrected chi connectivity index (χ0v) is 31.4. The van der Waals surface area contributed by atoms with E-state index >= 15 is 0 Å². The van der Waals surface area contributed by atoms with Gasteiger partial charge in [-0.3, -0.25) is 4.57 Å². The Hall–Kier alpha value is -6.17. The summed E-state index contributed by atoms with van der Waals surface area (Å²) in [5.74, 6) is 1.30. The summed E-state index contributed by atoms with van der Waals surface area (Å²) < 4.78 is 2.34. The van der Waals surface area contributed by atoms with E-state index in [9.17, 15) is 0 Å². The van der Waals surface area contributed by atoms with Gasteiger partial charge in [0.2, 0.25) is 0 Å². The zero-order valence-electron chi connectivity index (χ0n) is 31.4. The first-order valence-electron chi connectivity index (χ1n) is 18.8. The average molecular weight is 705 g/mol. The number of anilines is 3. The quantitative estimate of drug-likeness (QED) is 0.155. The predicted octanol–water partition coefficient (Wildman–Crippen LogP) is 12.3. The molecule has 54 heavy (non-hydrogen) atoms. The molecule has 0 spiro atoms. The van der Waals surface area contributed by atoms with Crippen LogP contribution < -0.4 is 10.1 Å². The normalized spacial score (nSPS) is 13.3. The highest BCUT2D eigenvalue weighted by Gasteiger charge is 2.41. The summed E-state index contributed by atoms with van der Waals surface area (Å²) in [6, 6.07) is 59.2. The number of hydrogen-bond donors (Lipinski definition) is 0. The molecule has 0 bridgehead atoms. The summed E-state index contributed by atoms with van der Waals surface area (Å²) in [6.45, 7) is 11.0. The van der Waals surface area contributed by atoms with Crippen molar-refractivity contribution in [1.29, 1.82) is 0 Å². The van der Waals surface area contributed by atoms with E-state index in [1.54, 1.807) is 0 Å². The lowest BCUT2D eigenvalue weighted by Gasteiger charge is -2.37. The number of aromatic nitrogens is 2. The predicted molar refractivity (Wildman–Crippen MR) is 223 cm³/mol. The summed E-state index contributed by atoms with van der Waals surface area (Å²) in [6.07, 6.45) is 1.94. The Morgan fingerprint density at radius 2 is 1.15 bits per heavy atom. The molecule has 0 saturated heterocycles. The summed E-state index contributed by atoms with van der Waals surface area (Å²) in [4.78, 5) is 11.7. The van der Waals surface area contributed by atoms with Crippen molar-refractivity contribution in [3.05, 3.63) is 198 Å². The molecule has 0 unspecified atom stereocenters. The van der Waals surface area contributed by atoms with Gasteiger partial charge in [0.25, 0.3) is 0 Å². The van der Waals surface area contributed by atoms with Gasteiger partial charge in [-0.25, -0.2) is 10.0 Å². The molecule has 0 amide bonds. The lowest BCUT2D eigenvalue weighted by molar-refractivity contribution is 0.0842. The minimum absolute atomic E-state index is 0.252. The van der Waals surface area contributed by atoms with Crippen molar-refractivity contribution in [1.82, 2.24) is 9.55 Å². The van der Waals surface area contributed by atoms with Crippen LogP contribution in [0.4, 0.5) is 17.1 Å². The lowest BCUT2D eigenvalue weighted by Crippen LogP contribution is -2.41. The van der Waals surface area contributed by atoms with Crippen LogP contribution >= 0.6 is 0 Å². The minimum atomic E-state index is -0.690. The van der Waals surface area contributed by atoms with Crippen LogP contribution in [0.25, 0.3) is 27.6 Å². The van der Waals surface area contributed by atoms with E-state index in [1.165, 1.54) is 27.5 Å². The van der Waals surface area contributed by atoms with Gasteiger partial charge in [-0.15, -0.1) is 4.94 Å². The second kappa shape index (κ2) is 13.0. The first kappa shape index (κ1) is 33.7. The molecule has 0 saturated carbocycles. The molecule has 0 N–H and O–H groups in total. The number of hydrogen-bond acceptors (Lipinski definition) is 4. The van der Waals surface area contributed by atoms with Crippen LogP contribution in [0.5, 0.6) is 0 Å². The Morgan fingerprint density at radius 3 is 1.85 bits per heavy atom. The Morgan fingerprint density at radius 1 is 0.537 bits per heavy atom. The number of hydroxylamine groups is 1. The maximum atomic E-state index is 6.71. The standard InChI is InChI=1S/C49H44N4O/c1-34(2)35-29-30-50-47(31-35)51-43-24-13-12-23-41(43)42-28-27-39(33-46(42)51)49(36-17-8-6-9-18-36,37-19-10-7-11-20-37)38-21-16-22-40(32-38)52-44-25-14-15-26-45(44)53(54-52)48(3,4)5/h6-34H,1-5H3. The molecule has 5 nitrogen and oxygen atoms in total. The molecule has 0 radical (unpaired) electrons. The molecule has 5 heteroatoms. The molecule has 1 aliphatic rings. The summed E-state index contributed by atoms with van der Waals surface area (Å²) in [5.41, 5.74) is 10.2.